The quantitative estimate of drug-likeness (QED) is 0.565. The molecule has 1 aliphatic rings. The van der Waals surface area contributed by atoms with Crippen molar-refractivity contribution in [3.05, 3.63) is 47.5 Å². The van der Waals surface area contributed by atoms with E-state index in [1.165, 1.54) is 30.4 Å². The predicted molar refractivity (Wildman–Crippen MR) is 56.9 cm³/mol. The summed E-state index contributed by atoms with van der Waals surface area (Å²) >= 11 is 0. The lowest BCUT2D eigenvalue weighted by Crippen LogP contribution is -2.00. The second kappa shape index (κ2) is 3.78. The summed E-state index contributed by atoms with van der Waals surface area (Å²) in [7, 11) is 0. The van der Waals surface area contributed by atoms with Crippen molar-refractivity contribution in [2.45, 2.75) is 32.1 Å². The SMILES string of the molecule is Cc1ccc(C2CC=CCC2)cc1. The van der Waals surface area contributed by atoms with Gasteiger partial charge in [0.2, 0.25) is 0 Å². The zero-order valence-corrected chi connectivity index (χ0v) is 8.16. The van der Waals surface area contributed by atoms with Crippen LogP contribution in [-0.4, -0.2) is 0 Å². The minimum atomic E-state index is 0.769. The minimum absolute atomic E-state index is 0.769. The molecular weight excluding hydrogens is 156 g/mol. The largest absolute Gasteiger partial charge is 0.0885 e. The Balaban J connectivity index is 2.15. The van der Waals surface area contributed by atoms with Gasteiger partial charge in [-0.2, -0.15) is 0 Å². The first-order valence-corrected chi connectivity index (χ1v) is 5.08. The molecule has 0 amide bonds. The van der Waals surface area contributed by atoms with E-state index in [9.17, 15) is 0 Å². The van der Waals surface area contributed by atoms with Gasteiger partial charge >= 0.3 is 0 Å². The van der Waals surface area contributed by atoms with Gasteiger partial charge in [-0.1, -0.05) is 42.0 Å². The van der Waals surface area contributed by atoms with E-state index in [4.69, 9.17) is 0 Å². The molecule has 0 saturated carbocycles. The predicted octanol–water partition coefficient (Wildman–Crippen LogP) is 3.82. The Labute approximate surface area is 80.3 Å². The Hall–Kier alpha value is -1.04. The third kappa shape index (κ3) is 2.00. The molecule has 1 aromatic carbocycles. The van der Waals surface area contributed by atoms with Gasteiger partial charge in [0, 0.05) is 0 Å². The molecular formula is C13H16. The maximum Gasteiger partial charge on any atom is -0.0124 e. The topological polar surface area (TPSA) is 0 Å². The van der Waals surface area contributed by atoms with Crippen LogP contribution in [0.3, 0.4) is 0 Å². The van der Waals surface area contributed by atoms with Crippen molar-refractivity contribution in [3.8, 4) is 0 Å². The van der Waals surface area contributed by atoms with E-state index in [1.807, 2.05) is 0 Å². The Bertz CT molecular complexity index is 292. The maximum atomic E-state index is 2.31. The monoisotopic (exact) mass is 172 g/mol. The normalized spacial score (nSPS) is 21.8. The van der Waals surface area contributed by atoms with Crippen molar-refractivity contribution in [3.63, 3.8) is 0 Å². The summed E-state index contributed by atoms with van der Waals surface area (Å²) in [6.45, 7) is 2.14. The van der Waals surface area contributed by atoms with Gasteiger partial charge in [0.05, 0.1) is 0 Å². The lowest BCUT2D eigenvalue weighted by atomic mass is 9.87. The third-order valence-corrected chi connectivity index (χ3v) is 2.82. The van der Waals surface area contributed by atoms with Gasteiger partial charge in [-0.3, -0.25) is 0 Å². The van der Waals surface area contributed by atoms with Crippen LogP contribution >= 0.6 is 0 Å². The number of rotatable bonds is 1. The molecule has 1 aliphatic carbocycles. The second-order valence-corrected chi connectivity index (χ2v) is 3.89. The van der Waals surface area contributed by atoms with Crippen molar-refractivity contribution in [1.29, 1.82) is 0 Å². The molecule has 0 spiro atoms. The zero-order chi connectivity index (χ0) is 9.10. The lowest BCUT2D eigenvalue weighted by Gasteiger charge is -2.17. The number of benzene rings is 1. The van der Waals surface area contributed by atoms with E-state index in [0.717, 1.165) is 5.92 Å². The Kier molecular flexibility index (Phi) is 2.49. The highest BCUT2D eigenvalue weighted by Crippen LogP contribution is 2.28. The molecule has 13 heavy (non-hydrogen) atoms. The molecule has 68 valence electrons. The fraction of sp³-hybridized carbons (Fsp3) is 0.385. The summed E-state index contributed by atoms with van der Waals surface area (Å²) in [5, 5.41) is 0. The number of hydrogen-bond donors (Lipinski definition) is 0. The average Bonchev–Trinajstić information content (AvgIpc) is 2.20. The molecule has 0 radical (unpaired) electrons. The molecule has 1 unspecified atom stereocenters. The molecule has 0 nitrogen and oxygen atoms in total. The number of allylic oxidation sites excluding steroid dienone is 2. The van der Waals surface area contributed by atoms with Crippen LogP contribution in [0.2, 0.25) is 0 Å². The van der Waals surface area contributed by atoms with Crippen LogP contribution in [0, 0.1) is 6.92 Å². The first kappa shape index (κ1) is 8.55. The molecule has 0 aromatic heterocycles. The van der Waals surface area contributed by atoms with Crippen LogP contribution < -0.4 is 0 Å². The smallest absolute Gasteiger partial charge is 0.0124 e. The van der Waals surface area contributed by atoms with E-state index in [-0.39, 0.29) is 0 Å². The standard InChI is InChI=1S/C13H16/c1-11-7-9-13(10-8-11)12-5-3-2-4-6-12/h2-3,7-10,12H,4-6H2,1H3. The first-order chi connectivity index (χ1) is 6.36. The van der Waals surface area contributed by atoms with Crippen LogP contribution in [-0.2, 0) is 0 Å². The van der Waals surface area contributed by atoms with Gasteiger partial charge in [-0.25, -0.2) is 0 Å². The maximum absolute atomic E-state index is 2.31. The van der Waals surface area contributed by atoms with Gasteiger partial charge in [0.15, 0.2) is 0 Å². The second-order valence-electron chi connectivity index (χ2n) is 3.89. The van der Waals surface area contributed by atoms with Crippen molar-refractivity contribution in [1.82, 2.24) is 0 Å². The van der Waals surface area contributed by atoms with Crippen LogP contribution in [0.5, 0.6) is 0 Å². The molecule has 0 aliphatic heterocycles. The van der Waals surface area contributed by atoms with Crippen molar-refractivity contribution < 1.29 is 0 Å². The van der Waals surface area contributed by atoms with Crippen LogP contribution in [0.15, 0.2) is 36.4 Å². The number of aryl methyl sites for hydroxylation is 1. The zero-order valence-electron chi connectivity index (χ0n) is 8.16. The van der Waals surface area contributed by atoms with Crippen molar-refractivity contribution in [2.24, 2.45) is 0 Å². The first-order valence-electron chi connectivity index (χ1n) is 5.08. The molecule has 0 heterocycles. The fourth-order valence-electron chi connectivity index (χ4n) is 1.93. The molecule has 1 atom stereocenters. The highest BCUT2D eigenvalue weighted by atomic mass is 14.2. The Morgan fingerprint density at radius 1 is 1.08 bits per heavy atom. The van der Waals surface area contributed by atoms with Crippen LogP contribution in [0.25, 0.3) is 0 Å². The van der Waals surface area contributed by atoms with Gasteiger partial charge in [0.1, 0.15) is 0 Å². The summed E-state index contributed by atoms with van der Waals surface area (Å²) in [4.78, 5) is 0. The summed E-state index contributed by atoms with van der Waals surface area (Å²) in [5.74, 6) is 0.769. The van der Waals surface area contributed by atoms with Crippen LogP contribution in [0.4, 0.5) is 0 Å². The van der Waals surface area contributed by atoms with Crippen molar-refractivity contribution >= 4 is 0 Å². The van der Waals surface area contributed by atoms with Gasteiger partial charge in [0.25, 0.3) is 0 Å². The van der Waals surface area contributed by atoms with Gasteiger partial charge < -0.3 is 0 Å². The average molecular weight is 172 g/mol. The van der Waals surface area contributed by atoms with E-state index in [2.05, 4.69) is 43.3 Å². The Morgan fingerprint density at radius 3 is 2.46 bits per heavy atom. The summed E-state index contributed by atoms with van der Waals surface area (Å²) < 4.78 is 0. The van der Waals surface area contributed by atoms with E-state index in [1.54, 1.807) is 0 Å². The summed E-state index contributed by atoms with van der Waals surface area (Å²) in [6, 6.07) is 8.99. The minimum Gasteiger partial charge on any atom is -0.0885 e. The molecule has 1 aromatic rings. The van der Waals surface area contributed by atoms with E-state index < -0.39 is 0 Å². The number of hydrogen-bond acceptors (Lipinski definition) is 0. The fourth-order valence-corrected chi connectivity index (χ4v) is 1.93. The molecule has 0 N–H and O–H groups in total. The van der Waals surface area contributed by atoms with Gasteiger partial charge in [-0.15, -0.1) is 0 Å². The van der Waals surface area contributed by atoms with Crippen molar-refractivity contribution in [2.75, 3.05) is 0 Å². The molecule has 0 bridgehead atoms. The summed E-state index contributed by atoms with van der Waals surface area (Å²) in [5.41, 5.74) is 2.87. The highest BCUT2D eigenvalue weighted by molar-refractivity contribution is 5.25. The third-order valence-electron chi connectivity index (χ3n) is 2.82. The van der Waals surface area contributed by atoms with E-state index in [0.29, 0.717) is 0 Å². The Morgan fingerprint density at radius 2 is 1.85 bits per heavy atom. The molecule has 0 fully saturated rings. The lowest BCUT2D eigenvalue weighted by molar-refractivity contribution is 0.617. The van der Waals surface area contributed by atoms with Gasteiger partial charge in [-0.05, 0) is 37.7 Å². The molecule has 2 rings (SSSR count). The van der Waals surface area contributed by atoms with E-state index >= 15 is 0 Å². The van der Waals surface area contributed by atoms with Crippen LogP contribution in [0.1, 0.15) is 36.3 Å². The molecule has 0 heteroatoms. The highest BCUT2D eigenvalue weighted by Gasteiger charge is 2.11. The molecule has 0 saturated heterocycles. The summed E-state index contributed by atoms with van der Waals surface area (Å²) in [6.07, 6.45) is 8.40.